The van der Waals surface area contributed by atoms with Crippen molar-refractivity contribution >= 4 is 11.6 Å². The molecule has 20 heavy (non-hydrogen) atoms. The number of methoxy groups -OCH3 is 1. The number of benzene rings is 1. The zero-order chi connectivity index (χ0) is 14.8. The highest BCUT2D eigenvalue weighted by Crippen LogP contribution is 2.47. The molecule has 0 spiro atoms. The molecule has 1 aliphatic rings. The van der Waals surface area contributed by atoms with Crippen molar-refractivity contribution < 1.29 is 4.74 Å². The second-order valence-corrected chi connectivity index (χ2v) is 7.02. The zero-order valence-electron chi connectivity index (χ0n) is 12.6. The highest BCUT2D eigenvalue weighted by Gasteiger charge is 2.44. The summed E-state index contributed by atoms with van der Waals surface area (Å²) in [6.45, 7) is 4.63. The topological polar surface area (TPSA) is 47.3 Å². The molecule has 1 unspecified atom stereocenters. The Morgan fingerprint density at radius 1 is 1.25 bits per heavy atom. The smallest absolute Gasteiger partial charge is 0.0885 e. The summed E-state index contributed by atoms with van der Waals surface area (Å²) in [6.07, 6.45) is 4.27. The van der Waals surface area contributed by atoms with E-state index in [4.69, 9.17) is 22.2 Å². The molecule has 1 atom stereocenters. The van der Waals surface area contributed by atoms with E-state index in [2.05, 4.69) is 25.3 Å². The minimum atomic E-state index is -0.255. The second kappa shape index (κ2) is 6.02. The molecule has 2 rings (SSSR count). The number of hydrogen-bond donors (Lipinski definition) is 2. The Kier molecular flexibility index (Phi) is 4.75. The number of ether oxygens (including phenoxy) is 1. The summed E-state index contributed by atoms with van der Waals surface area (Å²) in [5.41, 5.74) is 4.16. The van der Waals surface area contributed by atoms with E-state index < -0.39 is 0 Å². The van der Waals surface area contributed by atoms with Gasteiger partial charge < -0.3 is 4.74 Å². The summed E-state index contributed by atoms with van der Waals surface area (Å²) in [7, 11) is 1.78. The maximum Gasteiger partial charge on any atom is 0.0885 e. The van der Waals surface area contributed by atoms with Crippen LogP contribution in [0.3, 0.4) is 0 Å². The van der Waals surface area contributed by atoms with Gasteiger partial charge in [0.25, 0.3) is 0 Å². The molecule has 3 N–H and O–H groups in total. The molecule has 0 bridgehead atoms. The van der Waals surface area contributed by atoms with Crippen molar-refractivity contribution in [3.63, 3.8) is 0 Å². The molecule has 1 aliphatic carbocycles. The number of nitrogens with one attached hydrogen (secondary N) is 1. The molecule has 1 aromatic rings. The Hall–Kier alpha value is -0.610. The molecule has 0 amide bonds. The van der Waals surface area contributed by atoms with Gasteiger partial charge in [-0.05, 0) is 48.8 Å². The van der Waals surface area contributed by atoms with Crippen molar-refractivity contribution in [1.29, 1.82) is 0 Å². The molecular formula is C16H25ClN2O. The van der Waals surface area contributed by atoms with E-state index in [9.17, 15) is 0 Å². The Morgan fingerprint density at radius 2 is 1.90 bits per heavy atom. The summed E-state index contributed by atoms with van der Waals surface area (Å²) in [5, 5.41) is 0.727. The van der Waals surface area contributed by atoms with Crippen LogP contribution in [-0.4, -0.2) is 12.7 Å². The molecule has 0 saturated heterocycles. The normalized spacial score (nSPS) is 22.4. The lowest BCUT2D eigenvalue weighted by Crippen LogP contribution is -2.51. The third-order valence-electron chi connectivity index (χ3n) is 4.73. The largest absolute Gasteiger partial charge is 0.376 e. The predicted molar refractivity (Wildman–Crippen MR) is 83.5 cm³/mol. The van der Waals surface area contributed by atoms with Crippen LogP contribution < -0.4 is 11.3 Å². The molecule has 0 aliphatic heterocycles. The van der Waals surface area contributed by atoms with Crippen LogP contribution in [0.5, 0.6) is 0 Å². The summed E-state index contributed by atoms with van der Waals surface area (Å²) >= 11 is 6.11. The fourth-order valence-corrected chi connectivity index (χ4v) is 3.40. The minimum absolute atomic E-state index is 0.0395. The van der Waals surface area contributed by atoms with Gasteiger partial charge in [-0.3, -0.25) is 11.3 Å². The molecule has 0 aromatic heterocycles. The Labute approximate surface area is 126 Å². The third-order valence-corrected chi connectivity index (χ3v) is 4.97. The molecule has 0 radical (unpaired) electrons. The molecule has 0 heterocycles. The van der Waals surface area contributed by atoms with Crippen LogP contribution in [0.25, 0.3) is 0 Å². The summed E-state index contributed by atoms with van der Waals surface area (Å²) < 4.78 is 5.93. The molecule has 3 nitrogen and oxygen atoms in total. The Bertz CT molecular complexity index is 452. The first-order chi connectivity index (χ1) is 9.42. The van der Waals surface area contributed by atoms with E-state index in [1.54, 1.807) is 7.11 Å². The fourth-order valence-electron chi connectivity index (χ4n) is 3.20. The SMILES string of the molecule is COC1(C(NN)c2cccc(Cl)c2)CCC(C)(C)CC1. The monoisotopic (exact) mass is 296 g/mol. The lowest BCUT2D eigenvalue weighted by atomic mass is 9.67. The number of rotatable bonds is 4. The number of halogens is 1. The van der Waals surface area contributed by atoms with Crippen LogP contribution in [0, 0.1) is 5.41 Å². The van der Waals surface area contributed by atoms with Crippen LogP contribution in [0.4, 0.5) is 0 Å². The predicted octanol–water partition coefficient (Wildman–Crippen LogP) is 3.83. The van der Waals surface area contributed by atoms with Gasteiger partial charge in [0.1, 0.15) is 0 Å². The highest BCUT2D eigenvalue weighted by atomic mass is 35.5. The van der Waals surface area contributed by atoms with Crippen LogP contribution >= 0.6 is 11.6 Å². The Balaban J connectivity index is 2.29. The van der Waals surface area contributed by atoms with Gasteiger partial charge in [0.05, 0.1) is 11.6 Å². The van der Waals surface area contributed by atoms with Crippen molar-refractivity contribution in [3.05, 3.63) is 34.9 Å². The molecule has 1 saturated carbocycles. The Morgan fingerprint density at radius 3 is 2.40 bits per heavy atom. The van der Waals surface area contributed by atoms with E-state index in [0.717, 1.165) is 36.3 Å². The van der Waals surface area contributed by atoms with E-state index in [-0.39, 0.29) is 11.6 Å². The maximum atomic E-state index is 6.11. The number of hydrazine groups is 1. The van der Waals surface area contributed by atoms with Gasteiger partial charge in [0, 0.05) is 12.1 Å². The first-order valence-corrected chi connectivity index (χ1v) is 7.57. The zero-order valence-corrected chi connectivity index (χ0v) is 13.3. The molecule has 1 fully saturated rings. The van der Waals surface area contributed by atoms with Crippen molar-refractivity contribution in [1.82, 2.24) is 5.43 Å². The minimum Gasteiger partial charge on any atom is -0.376 e. The molecule has 1 aromatic carbocycles. The first kappa shape index (κ1) is 15.8. The second-order valence-electron chi connectivity index (χ2n) is 6.59. The standard InChI is InChI=1S/C16H25ClN2O/c1-15(2)7-9-16(20-3,10-8-15)14(19-18)12-5-4-6-13(17)11-12/h4-6,11,14,19H,7-10,18H2,1-3H3. The summed E-state index contributed by atoms with van der Waals surface area (Å²) in [5.74, 6) is 5.84. The average molecular weight is 297 g/mol. The fraction of sp³-hybridized carbons (Fsp3) is 0.625. The maximum absolute atomic E-state index is 6.11. The average Bonchev–Trinajstić information content (AvgIpc) is 2.42. The number of hydrogen-bond acceptors (Lipinski definition) is 3. The summed E-state index contributed by atoms with van der Waals surface area (Å²) in [4.78, 5) is 0. The summed E-state index contributed by atoms with van der Waals surface area (Å²) in [6, 6.07) is 7.81. The van der Waals surface area contributed by atoms with E-state index in [1.165, 1.54) is 0 Å². The van der Waals surface area contributed by atoms with E-state index in [0.29, 0.717) is 5.41 Å². The van der Waals surface area contributed by atoms with Gasteiger partial charge in [-0.25, -0.2) is 0 Å². The van der Waals surface area contributed by atoms with Gasteiger partial charge in [-0.1, -0.05) is 37.6 Å². The quantitative estimate of drug-likeness (QED) is 0.656. The first-order valence-electron chi connectivity index (χ1n) is 7.19. The van der Waals surface area contributed by atoms with Crippen LogP contribution in [0.1, 0.15) is 51.1 Å². The lowest BCUT2D eigenvalue weighted by Gasteiger charge is -2.47. The van der Waals surface area contributed by atoms with Gasteiger partial charge >= 0.3 is 0 Å². The van der Waals surface area contributed by atoms with Crippen molar-refractivity contribution in [2.75, 3.05) is 7.11 Å². The number of nitrogens with two attached hydrogens (primary N) is 1. The van der Waals surface area contributed by atoms with Crippen molar-refractivity contribution in [2.24, 2.45) is 11.3 Å². The van der Waals surface area contributed by atoms with Crippen LogP contribution in [0.2, 0.25) is 5.02 Å². The van der Waals surface area contributed by atoms with Crippen molar-refractivity contribution in [3.8, 4) is 0 Å². The van der Waals surface area contributed by atoms with Gasteiger partial charge in [0.15, 0.2) is 0 Å². The molecule has 112 valence electrons. The lowest BCUT2D eigenvalue weighted by molar-refractivity contribution is -0.0877. The van der Waals surface area contributed by atoms with Gasteiger partial charge in [0.2, 0.25) is 0 Å². The van der Waals surface area contributed by atoms with Crippen molar-refractivity contribution in [2.45, 2.75) is 51.2 Å². The molecule has 4 heteroatoms. The van der Waals surface area contributed by atoms with Crippen LogP contribution in [0.15, 0.2) is 24.3 Å². The molecular weight excluding hydrogens is 272 g/mol. The van der Waals surface area contributed by atoms with E-state index in [1.807, 2.05) is 18.2 Å². The van der Waals surface area contributed by atoms with E-state index >= 15 is 0 Å². The third kappa shape index (κ3) is 3.17. The highest BCUT2D eigenvalue weighted by molar-refractivity contribution is 6.30. The van der Waals surface area contributed by atoms with Crippen LogP contribution in [-0.2, 0) is 4.74 Å². The van der Waals surface area contributed by atoms with Gasteiger partial charge in [-0.15, -0.1) is 0 Å². The van der Waals surface area contributed by atoms with Gasteiger partial charge in [-0.2, -0.15) is 0 Å².